The smallest absolute Gasteiger partial charge is 0.231 e. The van der Waals surface area contributed by atoms with Crippen molar-refractivity contribution >= 4 is 5.69 Å². The second kappa shape index (κ2) is 5.13. The highest BCUT2D eigenvalue weighted by Gasteiger charge is 2.11. The SMILES string of the molecule is Cc1cccc(-c2noc(Cc3ccccc3N)n2)n1. The highest BCUT2D eigenvalue weighted by molar-refractivity contribution is 5.49. The molecule has 0 aliphatic heterocycles. The first-order chi connectivity index (χ1) is 9.72. The lowest BCUT2D eigenvalue weighted by Crippen LogP contribution is -1.95. The Labute approximate surface area is 116 Å². The Morgan fingerprint density at radius 1 is 1.05 bits per heavy atom. The van der Waals surface area contributed by atoms with Crippen LogP contribution in [0.5, 0.6) is 0 Å². The summed E-state index contributed by atoms with van der Waals surface area (Å²) in [4.78, 5) is 8.73. The third-order valence-corrected chi connectivity index (χ3v) is 2.98. The fourth-order valence-corrected chi connectivity index (χ4v) is 1.96. The molecule has 2 N–H and O–H groups in total. The number of aromatic nitrogens is 3. The summed E-state index contributed by atoms with van der Waals surface area (Å²) in [6.45, 7) is 1.93. The van der Waals surface area contributed by atoms with E-state index in [1.807, 2.05) is 49.4 Å². The van der Waals surface area contributed by atoms with Crippen LogP contribution >= 0.6 is 0 Å². The second-order valence-electron chi connectivity index (χ2n) is 4.55. The Morgan fingerprint density at radius 2 is 1.90 bits per heavy atom. The van der Waals surface area contributed by atoms with Crippen LogP contribution in [-0.2, 0) is 6.42 Å². The molecule has 0 aliphatic rings. The van der Waals surface area contributed by atoms with Crippen molar-refractivity contribution in [3.05, 3.63) is 59.6 Å². The van der Waals surface area contributed by atoms with E-state index >= 15 is 0 Å². The predicted octanol–water partition coefficient (Wildman–Crippen LogP) is 2.61. The van der Waals surface area contributed by atoms with E-state index in [0.29, 0.717) is 23.8 Å². The average molecular weight is 266 g/mol. The molecule has 100 valence electrons. The van der Waals surface area contributed by atoms with Gasteiger partial charge < -0.3 is 10.3 Å². The molecule has 0 bridgehead atoms. The minimum atomic E-state index is 0.498. The van der Waals surface area contributed by atoms with E-state index in [2.05, 4.69) is 15.1 Å². The van der Waals surface area contributed by atoms with E-state index in [-0.39, 0.29) is 0 Å². The topological polar surface area (TPSA) is 77.8 Å². The first-order valence-corrected chi connectivity index (χ1v) is 6.32. The molecule has 5 heteroatoms. The van der Waals surface area contributed by atoms with E-state index in [9.17, 15) is 0 Å². The lowest BCUT2D eigenvalue weighted by Gasteiger charge is -2.00. The number of para-hydroxylation sites is 1. The first-order valence-electron chi connectivity index (χ1n) is 6.32. The molecular formula is C15H14N4O. The fraction of sp³-hybridized carbons (Fsp3) is 0.133. The lowest BCUT2D eigenvalue weighted by atomic mass is 10.1. The Balaban J connectivity index is 1.86. The minimum absolute atomic E-state index is 0.498. The number of nitrogens with zero attached hydrogens (tertiary/aromatic N) is 3. The standard InChI is InChI=1S/C15H14N4O/c1-10-5-4-8-13(17-10)15-18-14(20-19-15)9-11-6-2-3-7-12(11)16/h2-8H,9,16H2,1H3. The van der Waals surface area contributed by atoms with Crippen molar-refractivity contribution in [1.82, 2.24) is 15.1 Å². The van der Waals surface area contributed by atoms with Gasteiger partial charge in [0.05, 0.1) is 6.42 Å². The van der Waals surface area contributed by atoms with E-state index in [4.69, 9.17) is 10.3 Å². The highest BCUT2D eigenvalue weighted by Crippen LogP contribution is 2.18. The molecule has 0 fully saturated rings. The van der Waals surface area contributed by atoms with Gasteiger partial charge in [-0.1, -0.05) is 29.4 Å². The molecule has 2 aromatic heterocycles. The van der Waals surface area contributed by atoms with Gasteiger partial charge in [0.15, 0.2) is 0 Å². The number of hydrogen-bond acceptors (Lipinski definition) is 5. The third kappa shape index (κ3) is 2.51. The molecule has 0 atom stereocenters. The molecule has 0 spiro atoms. The summed E-state index contributed by atoms with van der Waals surface area (Å²) >= 11 is 0. The van der Waals surface area contributed by atoms with Gasteiger partial charge in [0, 0.05) is 11.4 Å². The monoisotopic (exact) mass is 266 g/mol. The zero-order valence-electron chi connectivity index (χ0n) is 11.1. The van der Waals surface area contributed by atoms with Crippen LogP contribution in [0.25, 0.3) is 11.5 Å². The summed E-state index contributed by atoms with van der Waals surface area (Å²) in [5.74, 6) is 1.03. The van der Waals surface area contributed by atoms with Gasteiger partial charge in [-0.05, 0) is 30.7 Å². The summed E-state index contributed by atoms with van der Waals surface area (Å²) < 4.78 is 5.26. The number of nitrogen functional groups attached to an aromatic ring is 1. The van der Waals surface area contributed by atoms with Crippen molar-refractivity contribution in [2.24, 2.45) is 0 Å². The van der Waals surface area contributed by atoms with Crippen LogP contribution in [0.3, 0.4) is 0 Å². The number of hydrogen-bond donors (Lipinski definition) is 1. The molecule has 0 saturated heterocycles. The van der Waals surface area contributed by atoms with Crippen molar-refractivity contribution in [3.63, 3.8) is 0 Å². The van der Waals surface area contributed by atoms with Crippen LogP contribution in [0.15, 0.2) is 47.0 Å². The highest BCUT2D eigenvalue weighted by atomic mass is 16.5. The van der Waals surface area contributed by atoms with Gasteiger partial charge in [-0.2, -0.15) is 4.98 Å². The van der Waals surface area contributed by atoms with Crippen molar-refractivity contribution in [3.8, 4) is 11.5 Å². The number of nitrogens with two attached hydrogens (primary N) is 1. The zero-order chi connectivity index (χ0) is 13.9. The molecule has 3 rings (SSSR count). The third-order valence-electron chi connectivity index (χ3n) is 2.98. The Hall–Kier alpha value is -2.69. The first kappa shape index (κ1) is 12.3. The fourth-order valence-electron chi connectivity index (χ4n) is 1.96. The molecule has 3 aromatic rings. The van der Waals surface area contributed by atoms with Crippen LogP contribution in [0.4, 0.5) is 5.69 Å². The van der Waals surface area contributed by atoms with Crippen LogP contribution in [0, 0.1) is 6.92 Å². The second-order valence-corrected chi connectivity index (χ2v) is 4.55. The molecule has 0 amide bonds. The summed E-state index contributed by atoms with van der Waals surface area (Å²) in [7, 11) is 0. The van der Waals surface area contributed by atoms with E-state index in [1.165, 1.54) is 0 Å². The molecule has 0 aliphatic carbocycles. The summed E-state index contributed by atoms with van der Waals surface area (Å²) in [6, 6.07) is 13.3. The zero-order valence-corrected chi connectivity index (χ0v) is 11.1. The Kier molecular flexibility index (Phi) is 3.16. The molecular weight excluding hydrogens is 252 g/mol. The van der Waals surface area contributed by atoms with Gasteiger partial charge in [0.25, 0.3) is 0 Å². The predicted molar refractivity (Wildman–Crippen MR) is 75.9 cm³/mol. The van der Waals surface area contributed by atoms with Gasteiger partial charge in [-0.3, -0.25) is 0 Å². The minimum Gasteiger partial charge on any atom is -0.398 e. The average Bonchev–Trinajstić information content (AvgIpc) is 2.90. The van der Waals surface area contributed by atoms with Gasteiger partial charge in [-0.25, -0.2) is 4.98 Å². The normalized spacial score (nSPS) is 10.7. The maximum absolute atomic E-state index is 5.90. The molecule has 5 nitrogen and oxygen atoms in total. The van der Waals surface area contributed by atoms with Crippen LogP contribution in [0.1, 0.15) is 17.1 Å². The van der Waals surface area contributed by atoms with Crippen LogP contribution in [-0.4, -0.2) is 15.1 Å². The largest absolute Gasteiger partial charge is 0.398 e. The van der Waals surface area contributed by atoms with E-state index in [1.54, 1.807) is 0 Å². The number of rotatable bonds is 3. The Morgan fingerprint density at radius 3 is 2.70 bits per heavy atom. The molecule has 2 heterocycles. The van der Waals surface area contributed by atoms with Crippen molar-refractivity contribution in [2.45, 2.75) is 13.3 Å². The summed E-state index contributed by atoms with van der Waals surface area (Å²) in [5.41, 5.74) is 9.23. The van der Waals surface area contributed by atoms with Crippen molar-refractivity contribution in [1.29, 1.82) is 0 Å². The van der Waals surface area contributed by atoms with E-state index < -0.39 is 0 Å². The Bertz CT molecular complexity index is 736. The van der Waals surface area contributed by atoms with Gasteiger partial charge in [-0.15, -0.1) is 0 Å². The summed E-state index contributed by atoms with van der Waals surface area (Å²) in [6.07, 6.45) is 0.519. The number of aryl methyl sites for hydroxylation is 1. The maximum Gasteiger partial charge on any atom is 0.231 e. The summed E-state index contributed by atoms with van der Waals surface area (Å²) in [5, 5.41) is 3.96. The van der Waals surface area contributed by atoms with Gasteiger partial charge >= 0.3 is 0 Å². The van der Waals surface area contributed by atoms with Crippen LogP contribution < -0.4 is 5.73 Å². The molecule has 1 aromatic carbocycles. The van der Waals surface area contributed by atoms with Gasteiger partial charge in [0.1, 0.15) is 5.69 Å². The number of benzene rings is 1. The van der Waals surface area contributed by atoms with E-state index in [0.717, 1.165) is 16.9 Å². The number of pyridine rings is 1. The maximum atomic E-state index is 5.90. The van der Waals surface area contributed by atoms with Gasteiger partial charge in [0.2, 0.25) is 11.7 Å². The lowest BCUT2D eigenvalue weighted by molar-refractivity contribution is 0.385. The molecule has 0 saturated carbocycles. The molecule has 0 radical (unpaired) electrons. The van der Waals surface area contributed by atoms with Crippen molar-refractivity contribution in [2.75, 3.05) is 5.73 Å². The van der Waals surface area contributed by atoms with Crippen molar-refractivity contribution < 1.29 is 4.52 Å². The molecule has 20 heavy (non-hydrogen) atoms. The molecule has 0 unspecified atom stereocenters. The van der Waals surface area contributed by atoms with Crippen LogP contribution in [0.2, 0.25) is 0 Å². The quantitative estimate of drug-likeness (QED) is 0.737. The number of anilines is 1.